The molecule has 1 unspecified atom stereocenters. The van der Waals surface area contributed by atoms with Crippen molar-refractivity contribution in [2.75, 3.05) is 0 Å². The quantitative estimate of drug-likeness (QED) is 0.417. The second-order valence-corrected chi connectivity index (χ2v) is 7.43. The topological polar surface area (TPSA) is 158 Å². The summed E-state index contributed by atoms with van der Waals surface area (Å²) in [6, 6.07) is 15.7. The van der Waals surface area contributed by atoms with Gasteiger partial charge in [0.15, 0.2) is 11.8 Å². The molecule has 0 bridgehead atoms. The van der Waals surface area contributed by atoms with Crippen molar-refractivity contribution in [2.24, 2.45) is 17.3 Å². The zero-order valence-corrected chi connectivity index (χ0v) is 16.2. The lowest BCUT2D eigenvalue weighted by atomic mass is 9.74. The van der Waals surface area contributed by atoms with E-state index < -0.39 is 47.0 Å². The van der Waals surface area contributed by atoms with E-state index in [1.165, 1.54) is 0 Å². The van der Waals surface area contributed by atoms with Crippen molar-refractivity contribution in [1.82, 2.24) is 0 Å². The fourth-order valence-corrected chi connectivity index (χ4v) is 4.22. The van der Waals surface area contributed by atoms with E-state index in [1.807, 2.05) is 30.3 Å². The highest BCUT2D eigenvalue weighted by Gasteiger charge is 2.72. The number of ether oxygens (including phenoxy) is 1. The molecular weight excluding hydrogens is 408 g/mol. The lowest BCUT2D eigenvalue weighted by Crippen LogP contribution is -2.44. The third-order valence-electron chi connectivity index (χ3n) is 5.62. The summed E-state index contributed by atoms with van der Waals surface area (Å²) in [5.41, 5.74) is -0.680. The van der Waals surface area contributed by atoms with Crippen LogP contribution in [0.25, 0.3) is 0 Å². The van der Waals surface area contributed by atoms with Gasteiger partial charge < -0.3 is 25.2 Å². The van der Waals surface area contributed by atoms with Crippen LogP contribution in [0.4, 0.5) is 0 Å². The first kappa shape index (κ1) is 21.8. The van der Waals surface area contributed by atoms with Gasteiger partial charge in [-0.2, -0.15) is 0 Å². The van der Waals surface area contributed by atoms with E-state index in [4.69, 9.17) is 4.74 Å². The highest BCUT2D eigenvalue weighted by atomic mass is 16.5. The van der Waals surface area contributed by atoms with Crippen LogP contribution in [0.15, 0.2) is 54.6 Å². The lowest BCUT2D eigenvalue weighted by molar-refractivity contribution is -0.166. The molecule has 1 atom stereocenters. The second kappa shape index (κ2) is 8.47. The summed E-state index contributed by atoms with van der Waals surface area (Å²) in [4.78, 5) is 46.8. The van der Waals surface area contributed by atoms with Crippen molar-refractivity contribution in [2.45, 2.75) is 18.9 Å². The Labute approximate surface area is 176 Å². The van der Waals surface area contributed by atoms with Gasteiger partial charge in [0.2, 0.25) is 0 Å². The highest BCUT2D eigenvalue weighted by molar-refractivity contribution is 6.01. The van der Waals surface area contributed by atoms with Crippen molar-refractivity contribution < 1.29 is 44.3 Å². The first-order valence-corrected chi connectivity index (χ1v) is 9.36. The van der Waals surface area contributed by atoms with Crippen molar-refractivity contribution in [3.8, 4) is 5.75 Å². The van der Waals surface area contributed by atoms with Crippen molar-refractivity contribution in [3.05, 3.63) is 65.7 Å². The molecule has 9 heteroatoms. The van der Waals surface area contributed by atoms with E-state index in [0.29, 0.717) is 11.3 Å². The largest absolute Gasteiger partial charge is 0.489 e. The number of carbonyl (C=O) groups is 4. The molecule has 2 aromatic carbocycles. The van der Waals surface area contributed by atoms with Gasteiger partial charge in [-0.1, -0.05) is 42.5 Å². The first-order chi connectivity index (χ1) is 14.7. The fraction of sp³-hybridized carbons (Fsp3) is 0.273. The molecule has 0 radical (unpaired) electrons. The van der Waals surface area contributed by atoms with Gasteiger partial charge in [0.1, 0.15) is 12.4 Å². The van der Waals surface area contributed by atoms with Crippen LogP contribution in [0, 0.1) is 17.3 Å². The zero-order chi connectivity index (χ0) is 22.8. The minimum absolute atomic E-state index is 0.207. The molecule has 0 spiro atoms. The van der Waals surface area contributed by atoms with Crippen molar-refractivity contribution in [3.63, 3.8) is 0 Å². The van der Waals surface area contributed by atoms with Gasteiger partial charge in [-0.15, -0.1) is 0 Å². The molecule has 162 valence electrons. The van der Waals surface area contributed by atoms with Gasteiger partial charge in [-0.05, 0) is 35.6 Å². The number of carboxylic acid groups (broad SMARTS) is 4. The average molecular weight is 428 g/mol. The summed E-state index contributed by atoms with van der Waals surface area (Å²) in [5.74, 6) is -12.0. The minimum Gasteiger partial charge on any atom is -0.489 e. The molecule has 3 rings (SSSR count). The van der Waals surface area contributed by atoms with Crippen LogP contribution in [0.5, 0.6) is 5.75 Å². The van der Waals surface area contributed by atoms with Crippen LogP contribution < -0.4 is 4.74 Å². The maximum Gasteiger partial charge on any atom is 0.318 e. The Morgan fingerprint density at radius 3 is 1.90 bits per heavy atom. The third kappa shape index (κ3) is 4.20. The van der Waals surface area contributed by atoms with Crippen LogP contribution in [0.1, 0.15) is 23.5 Å². The van der Waals surface area contributed by atoms with E-state index in [1.54, 1.807) is 24.3 Å². The Hall–Kier alpha value is -3.88. The van der Waals surface area contributed by atoms with Gasteiger partial charge >= 0.3 is 23.9 Å². The molecule has 0 amide bonds. The number of carboxylic acids is 4. The van der Waals surface area contributed by atoms with Gasteiger partial charge in [0, 0.05) is 5.41 Å². The molecule has 0 aromatic heterocycles. The van der Waals surface area contributed by atoms with Crippen LogP contribution in [-0.4, -0.2) is 44.3 Å². The maximum atomic E-state index is 11.7. The summed E-state index contributed by atoms with van der Waals surface area (Å²) in [7, 11) is 0. The van der Waals surface area contributed by atoms with E-state index in [2.05, 4.69) is 0 Å². The maximum absolute atomic E-state index is 11.7. The van der Waals surface area contributed by atoms with Crippen LogP contribution in [-0.2, 0) is 25.8 Å². The fourth-order valence-electron chi connectivity index (χ4n) is 4.22. The molecule has 1 aliphatic carbocycles. The number of hydrogen-bond acceptors (Lipinski definition) is 5. The predicted molar refractivity (Wildman–Crippen MR) is 105 cm³/mol. The van der Waals surface area contributed by atoms with E-state index >= 15 is 0 Å². The SMILES string of the molecule is O=C(O)C(C(=O)O)C1(C(C(=O)O)C(=O)O)CC1c1cccc(OCc2ccccc2)c1. The van der Waals surface area contributed by atoms with Crippen LogP contribution in [0.2, 0.25) is 0 Å². The van der Waals surface area contributed by atoms with Crippen LogP contribution in [0.3, 0.4) is 0 Å². The third-order valence-corrected chi connectivity index (χ3v) is 5.62. The van der Waals surface area contributed by atoms with Gasteiger partial charge in [0.05, 0.1) is 0 Å². The Morgan fingerprint density at radius 2 is 1.39 bits per heavy atom. The monoisotopic (exact) mass is 428 g/mol. The Kier molecular flexibility index (Phi) is 5.96. The Bertz CT molecular complexity index is 955. The van der Waals surface area contributed by atoms with Crippen molar-refractivity contribution in [1.29, 1.82) is 0 Å². The molecule has 1 fully saturated rings. The van der Waals surface area contributed by atoms with E-state index in [0.717, 1.165) is 5.56 Å². The van der Waals surface area contributed by atoms with Gasteiger partial charge in [0.25, 0.3) is 0 Å². The second-order valence-electron chi connectivity index (χ2n) is 7.43. The number of aliphatic carboxylic acids is 4. The molecule has 31 heavy (non-hydrogen) atoms. The van der Waals surface area contributed by atoms with Crippen molar-refractivity contribution >= 4 is 23.9 Å². The number of rotatable bonds is 10. The first-order valence-electron chi connectivity index (χ1n) is 9.36. The predicted octanol–water partition coefficient (Wildman–Crippen LogP) is 2.31. The Balaban J connectivity index is 1.94. The molecule has 0 aliphatic heterocycles. The molecular formula is C22H20O9. The minimum atomic E-state index is -2.19. The zero-order valence-electron chi connectivity index (χ0n) is 16.2. The molecule has 0 heterocycles. The van der Waals surface area contributed by atoms with Gasteiger partial charge in [-0.25, -0.2) is 0 Å². The summed E-state index contributed by atoms with van der Waals surface area (Å²) < 4.78 is 5.72. The standard InChI is InChI=1S/C22H20O9/c23-18(24)16(19(25)26)22(17(20(27)28)21(29)30)10-15(22)13-7-4-8-14(9-13)31-11-12-5-2-1-3-6-12/h1-9,15-17H,10-11H2,(H,23,24)(H,25,26)(H,27,28)(H,29,30). The molecule has 9 nitrogen and oxygen atoms in total. The smallest absolute Gasteiger partial charge is 0.318 e. The highest BCUT2D eigenvalue weighted by Crippen LogP contribution is 2.68. The lowest BCUT2D eigenvalue weighted by Gasteiger charge is -2.26. The van der Waals surface area contributed by atoms with E-state index in [9.17, 15) is 39.6 Å². The van der Waals surface area contributed by atoms with E-state index in [-0.39, 0.29) is 13.0 Å². The molecule has 1 saturated carbocycles. The number of hydrogen-bond donors (Lipinski definition) is 4. The molecule has 2 aromatic rings. The molecule has 1 aliphatic rings. The summed E-state index contributed by atoms with van der Waals surface area (Å²) >= 11 is 0. The number of benzene rings is 2. The average Bonchev–Trinajstić information content (AvgIpc) is 3.41. The molecule has 0 saturated heterocycles. The summed E-state index contributed by atoms with van der Waals surface area (Å²) in [6.45, 7) is 0.250. The summed E-state index contributed by atoms with van der Waals surface area (Å²) in [5, 5.41) is 37.9. The summed E-state index contributed by atoms with van der Waals surface area (Å²) in [6.07, 6.45) is -0.207. The molecule has 4 N–H and O–H groups in total. The Morgan fingerprint density at radius 1 is 0.839 bits per heavy atom. The normalized spacial score (nSPS) is 16.6. The van der Waals surface area contributed by atoms with Gasteiger partial charge in [-0.3, -0.25) is 19.2 Å². The van der Waals surface area contributed by atoms with Crippen LogP contribution >= 0.6 is 0 Å².